The Morgan fingerprint density at radius 3 is 2.70 bits per heavy atom. The first-order valence-corrected chi connectivity index (χ1v) is 8.75. The second-order valence-electron chi connectivity index (χ2n) is 5.74. The molecule has 0 radical (unpaired) electrons. The molecule has 1 N–H and O–H groups in total. The fraction of sp³-hybridized carbons (Fsp3) is 0.812. The first-order valence-electron chi connectivity index (χ1n) is 7.87. The summed E-state index contributed by atoms with van der Waals surface area (Å²) in [6, 6.07) is 0. The van der Waals surface area contributed by atoms with Gasteiger partial charge in [-0.05, 0) is 38.8 Å². The highest BCUT2D eigenvalue weighted by Gasteiger charge is 2.00. The number of rotatable bonds is 12. The van der Waals surface area contributed by atoms with Crippen molar-refractivity contribution < 1.29 is 4.74 Å². The Morgan fingerprint density at radius 2 is 2.00 bits per heavy atom. The number of hydrogen-bond donors (Lipinski definition) is 1. The van der Waals surface area contributed by atoms with Crippen LogP contribution in [-0.2, 0) is 11.2 Å². The first-order chi connectivity index (χ1) is 9.70. The molecule has 1 aromatic heterocycles. The molecule has 1 aromatic rings. The molecule has 0 amide bonds. The van der Waals surface area contributed by atoms with Gasteiger partial charge in [0, 0.05) is 17.9 Å². The van der Waals surface area contributed by atoms with Crippen LogP contribution in [0.15, 0.2) is 5.51 Å². The Hall–Kier alpha value is -0.450. The van der Waals surface area contributed by atoms with E-state index < -0.39 is 0 Å². The van der Waals surface area contributed by atoms with Crippen LogP contribution in [0, 0.1) is 12.8 Å². The predicted octanol–water partition coefficient (Wildman–Crippen LogP) is 3.82. The van der Waals surface area contributed by atoms with Crippen molar-refractivity contribution in [1.82, 2.24) is 10.3 Å². The summed E-state index contributed by atoms with van der Waals surface area (Å²) in [6.45, 7) is 10.6. The van der Waals surface area contributed by atoms with Crippen LogP contribution < -0.4 is 5.32 Å². The van der Waals surface area contributed by atoms with Gasteiger partial charge in [-0.25, -0.2) is 4.98 Å². The highest BCUT2D eigenvalue weighted by atomic mass is 32.1. The lowest BCUT2D eigenvalue weighted by Crippen LogP contribution is -2.20. The molecule has 20 heavy (non-hydrogen) atoms. The minimum atomic E-state index is 0.755. The average Bonchev–Trinajstić information content (AvgIpc) is 2.81. The zero-order valence-electron chi connectivity index (χ0n) is 13.3. The van der Waals surface area contributed by atoms with Gasteiger partial charge in [0.15, 0.2) is 0 Å². The lowest BCUT2D eigenvalue weighted by atomic mass is 10.2. The van der Waals surface area contributed by atoms with Gasteiger partial charge < -0.3 is 10.1 Å². The molecule has 0 spiro atoms. The van der Waals surface area contributed by atoms with E-state index in [1.807, 2.05) is 5.51 Å². The van der Waals surface area contributed by atoms with E-state index >= 15 is 0 Å². The second kappa shape index (κ2) is 11.2. The van der Waals surface area contributed by atoms with Crippen LogP contribution in [0.2, 0.25) is 0 Å². The first kappa shape index (κ1) is 17.6. The van der Waals surface area contributed by atoms with Gasteiger partial charge in [0.05, 0.1) is 17.8 Å². The van der Waals surface area contributed by atoms with Crippen molar-refractivity contribution in [2.45, 2.75) is 52.9 Å². The molecule has 1 heterocycles. The Balaban J connectivity index is 1.80. The molecule has 116 valence electrons. The molecule has 0 saturated heterocycles. The lowest BCUT2D eigenvalue weighted by Gasteiger charge is -2.07. The van der Waals surface area contributed by atoms with Gasteiger partial charge in [-0.2, -0.15) is 0 Å². The van der Waals surface area contributed by atoms with Crippen molar-refractivity contribution in [3.63, 3.8) is 0 Å². The third kappa shape index (κ3) is 8.67. The summed E-state index contributed by atoms with van der Waals surface area (Å²) < 4.78 is 5.68. The summed E-state index contributed by atoms with van der Waals surface area (Å²) in [6.07, 6.45) is 6.07. The molecule has 0 unspecified atom stereocenters. The van der Waals surface area contributed by atoms with Crippen molar-refractivity contribution in [1.29, 1.82) is 0 Å². The normalized spacial score (nSPS) is 11.4. The Bertz CT molecular complexity index is 339. The van der Waals surface area contributed by atoms with Crippen molar-refractivity contribution in [3.8, 4) is 0 Å². The molecule has 3 nitrogen and oxygen atoms in total. The summed E-state index contributed by atoms with van der Waals surface area (Å²) in [5.74, 6) is 0.755. The maximum Gasteiger partial charge on any atom is 0.0797 e. The standard InChI is InChI=1S/C16H30N2OS/c1-14(2)12-17-9-6-4-5-7-10-19-11-8-16-15(3)18-13-20-16/h13-14,17H,4-12H2,1-3H3. The van der Waals surface area contributed by atoms with Crippen LogP contribution in [0.3, 0.4) is 0 Å². The van der Waals surface area contributed by atoms with E-state index in [0.717, 1.165) is 44.3 Å². The number of aryl methyl sites for hydroxylation is 1. The van der Waals surface area contributed by atoms with Crippen molar-refractivity contribution in [2.75, 3.05) is 26.3 Å². The van der Waals surface area contributed by atoms with Crippen molar-refractivity contribution >= 4 is 11.3 Å². The molecule has 0 atom stereocenters. The number of ether oxygens (including phenoxy) is 1. The minimum Gasteiger partial charge on any atom is -0.381 e. The smallest absolute Gasteiger partial charge is 0.0797 e. The fourth-order valence-electron chi connectivity index (χ4n) is 2.03. The lowest BCUT2D eigenvalue weighted by molar-refractivity contribution is 0.133. The molecular formula is C16H30N2OS. The fourth-order valence-corrected chi connectivity index (χ4v) is 2.79. The van der Waals surface area contributed by atoms with Gasteiger partial charge in [-0.3, -0.25) is 0 Å². The van der Waals surface area contributed by atoms with E-state index in [1.165, 1.54) is 30.6 Å². The Morgan fingerprint density at radius 1 is 1.20 bits per heavy atom. The molecule has 0 aliphatic heterocycles. The SMILES string of the molecule is Cc1ncsc1CCOCCCCCCNCC(C)C. The van der Waals surface area contributed by atoms with Crippen molar-refractivity contribution in [3.05, 3.63) is 16.1 Å². The predicted molar refractivity (Wildman–Crippen MR) is 87.5 cm³/mol. The Kier molecular flexibility index (Phi) is 9.89. The summed E-state index contributed by atoms with van der Waals surface area (Å²) in [5, 5.41) is 3.48. The summed E-state index contributed by atoms with van der Waals surface area (Å²) in [5.41, 5.74) is 3.07. The van der Waals surface area contributed by atoms with Gasteiger partial charge in [0.2, 0.25) is 0 Å². The van der Waals surface area contributed by atoms with Gasteiger partial charge in [-0.1, -0.05) is 26.7 Å². The van der Waals surface area contributed by atoms with Gasteiger partial charge in [0.25, 0.3) is 0 Å². The maximum atomic E-state index is 5.68. The van der Waals surface area contributed by atoms with Gasteiger partial charge in [0.1, 0.15) is 0 Å². The van der Waals surface area contributed by atoms with Gasteiger partial charge >= 0.3 is 0 Å². The van der Waals surface area contributed by atoms with E-state index in [-0.39, 0.29) is 0 Å². The Labute approximate surface area is 128 Å². The van der Waals surface area contributed by atoms with Crippen LogP contribution in [-0.4, -0.2) is 31.3 Å². The molecular weight excluding hydrogens is 268 g/mol. The van der Waals surface area contributed by atoms with E-state index in [2.05, 4.69) is 31.1 Å². The quantitative estimate of drug-likeness (QED) is 0.596. The molecule has 0 saturated carbocycles. The highest BCUT2D eigenvalue weighted by molar-refractivity contribution is 7.09. The number of hydrogen-bond acceptors (Lipinski definition) is 4. The zero-order valence-corrected chi connectivity index (χ0v) is 14.1. The summed E-state index contributed by atoms with van der Waals surface area (Å²) in [4.78, 5) is 5.61. The minimum absolute atomic E-state index is 0.755. The van der Waals surface area contributed by atoms with Crippen LogP contribution in [0.25, 0.3) is 0 Å². The van der Waals surface area contributed by atoms with Crippen LogP contribution in [0.1, 0.15) is 50.1 Å². The van der Waals surface area contributed by atoms with Crippen LogP contribution in [0.4, 0.5) is 0 Å². The molecule has 0 bridgehead atoms. The molecule has 0 aliphatic carbocycles. The summed E-state index contributed by atoms with van der Waals surface area (Å²) in [7, 11) is 0. The van der Waals surface area contributed by atoms with Crippen LogP contribution >= 0.6 is 11.3 Å². The van der Waals surface area contributed by atoms with E-state index in [0.29, 0.717) is 0 Å². The second-order valence-corrected chi connectivity index (χ2v) is 6.67. The van der Waals surface area contributed by atoms with Gasteiger partial charge in [-0.15, -0.1) is 11.3 Å². The topological polar surface area (TPSA) is 34.1 Å². The third-order valence-electron chi connectivity index (χ3n) is 3.26. The van der Waals surface area contributed by atoms with Crippen molar-refractivity contribution in [2.24, 2.45) is 5.92 Å². The highest BCUT2D eigenvalue weighted by Crippen LogP contribution is 2.12. The average molecular weight is 298 g/mol. The number of aromatic nitrogens is 1. The van der Waals surface area contributed by atoms with Crippen LogP contribution in [0.5, 0.6) is 0 Å². The molecule has 0 fully saturated rings. The summed E-state index contributed by atoms with van der Waals surface area (Å²) >= 11 is 1.73. The van der Waals surface area contributed by atoms with E-state index in [4.69, 9.17) is 4.74 Å². The number of nitrogens with zero attached hydrogens (tertiary/aromatic N) is 1. The molecule has 1 rings (SSSR count). The molecule has 0 aromatic carbocycles. The molecule has 4 heteroatoms. The largest absolute Gasteiger partial charge is 0.381 e. The van der Waals surface area contributed by atoms with E-state index in [9.17, 15) is 0 Å². The van der Waals surface area contributed by atoms with E-state index in [1.54, 1.807) is 11.3 Å². The maximum absolute atomic E-state index is 5.68. The third-order valence-corrected chi connectivity index (χ3v) is 4.26. The molecule has 0 aliphatic rings. The monoisotopic (exact) mass is 298 g/mol. The number of unbranched alkanes of at least 4 members (excludes halogenated alkanes) is 3. The zero-order chi connectivity index (χ0) is 14.6. The number of thiazole rings is 1. The number of nitrogens with one attached hydrogen (secondary N) is 1.